The lowest BCUT2D eigenvalue weighted by Crippen LogP contribution is -2.12. The molecule has 0 fully saturated rings. The highest BCUT2D eigenvalue weighted by atomic mass is 35.5. The van der Waals surface area contributed by atoms with Crippen LogP contribution in [0.5, 0.6) is 5.75 Å². The second-order valence-corrected chi connectivity index (χ2v) is 4.01. The smallest absolute Gasteiger partial charge is 0.410 e. The standard InChI is InChI=1S/C10H13ClN2O3/c1-6(2)5-16-8-7(11)3-4-12-9(8)13-10(14)15/h3-4,6H,5H2,1-2H3,(H,12,13)(H,14,15). The van der Waals surface area contributed by atoms with Crippen LogP contribution in [0.2, 0.25) is 5.02 Å². The number of hydrogen-bond donors (Lipinski definition) is 2. The van der Waals surface area contributed by atoms with E-state index >= 15 is 0 Å². The number of carboxylic acid groups (broad SMARTS) is 1. The third kappa shape index (κ3) is 3.58. The fraction of sp³-hybridized carbons (Fsp3) is 0.400. The van der Waals surface area contributed by atoms with Gasteiger partial charge >= 0.3 is 6.09 Å². The summed E-state index contributed by atoms with van der Waals surface area (Å²) in [5.74, 6) is 0.690. The van der Waals surface area contributed by atoms with Crippen LogP contribution in [-0.4, -0.2) is 22.8 Å². The lowest BCUT2D eigenvalue weighted by Gasteiger charge is -2.13. The zero-order valence-electron chi connectivity index (χ0n) is 9.03. The number of nitrogens with zero attached hydrogens (tertiary/aromatic N) is 1. The molecule has 0 aromatic carbocycles. The number of amides is 1. The van der Waals surface area contributed by atoms with Crippen molar-refractivity contribution in [1.82, 2.24) is 4.98 Å². The van der Waals surface area contributed by atoms with E-state index in [0.717, 1.165) is 0 Å². The Bertz CT molecular complexity index is 382. The number of pyridine rings is 1. The van der Waals surface area contributed by atoms with Crippen LogP contribution in [0, 0.1) is 5.92 Å². The zero-order chi connectivity index (χ0) is 12.1. The molecule has 88 valence electrons. The molecule has 0 unspecified atom stereocenters. The van der Waals surface area contributed by atoms with E-state index in [9.17, 15) is 4.79 Å². The Labute approximate surface area is 98.4 Å². The molecule has 0 spiro atoms. The Balaban J connectivity index is 2.89. The normalized spacial score (nSPS) is 10.2. The number of carbonyl (C=O) groups is 1. The van der Waals surface area contributed by atoms with Crippen molar-refractivity contribution >= 4 is 23.5 Å². The van der Waals surface area contributed by atoms with Gasteiger partial charge in [-0.3, -0.25) is 5.32 Å². The van der Waals surface area contributed by atoms with Crippen molar-refractivity contribution in [2.75, 3.05) is 11.9 Å². The number of anilines is 1. The van der Waals surface area contributed by atoms with E-state index in [1.807, 2.05) is 13.8 Å². The zero-order valence-corrected chi connectivity index (χ0v) is 9.78. The van der Waals surface area contributed by atoms with Crippen molar-refractivity contribution in [2.45, 2.75) is 13.8 Å². The quantitative estimate of drug-likeness (QED) is 0.854. The molecule has 5 nitrogen and oxygen atoms in total. The second kappa shape index (κ2) is 5.55. The average molecular weight is 245 g/mol. The molecular weight excluding hydrogens is 232 g/mol. The van der Waals surface area contributed by atoms with Gasteiger partial charge in [0.25, 0.3) is 0 Å². The summed E-state index contributed by atoms with van der Waals surface area (Å²) in [6, 6.07) is 1.55. The van der Waals surface area contributed by atoms with Gasteiger partial charge in [-0.1, -0.05) is 25.4 Å². The van der Waals surface area contributed by atoms with Gasteiger partial charge in [0, 0.05) is 6.20 Å². The number of ether oxygens (including phenoxy) is 1. The minimum atomic E-state index is -1.20. The van der Waals surface area contributed by atoms with Gasteiger partial charge in [0.2, 0.25) is 0 Å². The highest BCUT2D eigenvalue weighted by Crippen LogP contribution is 2.31. The van der Waals surface area contributed by atoms with Crippen molar-refractivity contribution in [1.29, 1.82) is 0 Å². The minimum absolute atomic E-state index is 0.112. The van der Waals surface area contributed by atoms with E-state index in [1.165, 1.54) is 6.20 Å². The van der Waals surface area contributed by atoms with Gasteiger partial charge in [0.15, 0.2) is 11.6 Å². The van der Waals surface area contributed by atoms with E-state index in [1.54, 1.807) is 6.07 Å². The molecule has 0 aliphatic rings. The second-order valence-electron chi connectivity index (χ2n) is 3.61. The molecule has 0 bridgehead atoms. The van der Waals surface area contributed by atoms with Gasteiger partial charge in [0.05, 0.1) is 11.6 Å². The van der Waals surface area contributed by atoms with Crippen LogP contribution in [0.15, 0.2) is 12.3 Å². The van der Waals surface area contributed by atoms with Crippen molar-refractivity contribution < 1.29 is 14.6 Å². The van der Waals surface area contributed by atoms with E-state index in [2.05, 4.69) is 10.3 Å². The van der Waals surface area contributed by atoms with Crippen LogP contribution in [0.25, 0.3) is 0 Å². The largest absolute Gasteiger partial charge is 0.488 e. The van der Waals surface area contributed by atoms with Gasteiger partial charge in [-0.05, 0) is 12.0 Å². The molecule has 0 aliphatic carbocycles. The van der Waals surface area contributed by atoms with Gasteiger partial charge in [-0.15, -0.1) is 0 Å². The fourth-order valence-corrected chi connectivity index (χ4v) is 1.20. The van der Waals surface area contributed by atoms with Crippen molar-refractivity contribution in [3.8, 4) is 5.75 Å². The van der Waals surface area contributed by atoms with Gasteiger partial charge in [-0.25, -0.2) is 9.78 Å². The van der Waals surface area contributed by atoms with Crippen LogP contribution < -0.4 is 10.1 Å². The molecule has 1 heterocycles. The number of hydrogen-bond acceptors (Lipinski definition) is 3. The molecule has 1 rings (SSSR count). The fourth-order valence-electron chi connectivity index (χ4n) is 1.00. The van der Waals surface area contributed by atoms with Crippen molar-refractivity contribution in [3.63, 3.8) is 0 Å². The maximum atomic E-state index is 10.5. The van der Waals surface area contributed by atoms with Gasteiger partial charge < -0.3 is 9.84 Å². The van der Waals surface area contributed by atoms with Crippen LogP contribution in [0.1, 0.15) is 13.8 Å². The van der Waals surface area contributed by atoms with Crippen LogP contribution in [0.3, 0.4) is 0 Å². The summed E-state index contributed by atoms with van der Waals surface area (Å²) < 4.78 is 5.41. The average Bonchev–Trinajstić information content (AvgIpc) is 2.15. The molecule has 1 aromatic rings. The highest BCUT2D eigenvalue weighted by Gasteiger charge is 2.12. The molecule has 0 saturated heterocycles. The summed E-state index contributed by atoms with van der Waals surface area (Å²) in [6.07, 6.45) is 0.208. The summed E-state index contributed by atoms with van der Waals surface area (Å²) in [4.78, 5) is 14.4. The van der Waals surface area contributed by atoms with Crippen molar-refractivity contribution in [3.05, 3.63) is 17.3 Å². The summed E-state index contributed by atoms with van der Waals surface area (Å²) >= 11 is 5.90. The summed E-state index contributed by atoms with van der Waals surface area (Å²) in [5, 5.41) is 11.1. The molecule has 0 atom stereocenters. The first-order chi connectivity index (χ1) is 7.50. The number of aromatic nitrogens is 1. The summed E-state index contributed by atoms with van der Waals surface area (Å²) in [6.45, 7) is 4.41. The molecule has 1 amide bonds. The third-order valence-electron chi connectivity index (χ3n) is 1.64. The predicted molar refractivity (Wildman–Crippen MR) is 61.2 cm³/mol. The Morgan fingerprint density at radius 3 is 2.94 bits per heavy atom. The molecule has 0 aliphatic heterocycles. The molecule has 0 radical (unpaired) electrons. The lowest BCUT2D eigenvalue weighted by molar-refractivity contribution is 0.209. The first-order valence-electron chi connectivity index (χ1n) is 4.78. The Morgan fingerprint density at radius 2 is 2.38 bits per heavy atom. The predicted octanol–water partition coefficient (Wildman–Crippen LogP) is 2.86. The Kier molecular flexibility index (Phi) is 4.37. The monoisotopic (exact) mass is 244 g/mol. The van der Waals surface area contributed by atoms with Gasteiger partial charge in [0.1, 0.15) is 0 Å². The Hall–Kier alpha value is -1.49. The van der Waals surface area contributed by atoms with Crippen molar-refractivity contribution in [2.24, 2.45) is 5.92 Å². The first kappa shape index (κ1) is 12.6. The molecule has 6 heteroatoms. The molecule has 2 N–H and O–H groups in total. The van der Waals surface area contributed by atoms with E-state index in [4.69, 9.17) is 21.4 Å². The Morgan fingerprint density at radius 1 is 1.69 bits per heavy atom. The molecule has 0 saturated carbocycles. The van der Waals surface area contributed by atoms with Crippen LogP contribution in [-0.2, 0) is 0 Å². The van der Waals surface area contributed by atoms with Crippen LogP contribution in [0.4, 0.5) is 10.6 Å². The van der Waals surface area contributed by atoms with Crippen LogP contribution >= 0.6 is 11.6 Å². The first-order valence-corrected chi connectivity index (χ1v) is 5.15. The minimum Gasteiger partial charge on any atom is -0.488 e. The number of halogens is 1. The number of rotatable bonds is 4. The summed E-state index contributed by atoms with van der Waals surface area (Å²) in [7, 11) is 0. The van der Waals surface area contributed by atoms with E-state index in [0.29, 0.717) is 17.5 Å². The maximum absolute atomic E-state index is 10.5. The topological polar surface area (TPSA) is 71.5 Å². The summed E-state index contributed by atoms with van der Waals surface area (Å²) in [5.41, 5.74) is 0. The highest BCUT2D eigenvalue weighted by molar-refractivity contribution is 6.32. The van der Waals surface area contributed by atoms with E-state index in [-0.39, 0.29) is 11.6 Å². The molecular formula is C10H13ClN2O3. The maximum Gasteiger partial charge on any atom is 0.410 e. The van der Waals surface area contributed by atoms with E-state index < -0.39 is 6.09 Å². The number of nitrogens with one attached hydrogen (secondary N) is 1. The third-order valence-corrected chi connectivity index (χ3v) is 1.94. The molecule has 16 heavy (non-hydrogen) atoms. The lowest BCUT2D eigenvalue weighted by atomic mass is 10.2. The SMILES string of the molecule is CC(C)COc1c(Cl)ccnc1NC(=O)O. The van der Waals surface area contributed by atoms with Gasteiger partial charge in [-0.2, -0.15) is 0 Å². The molecule has 1 aromatic heterocycles.